The number of benzene rings is 2. The zero-order chi connectivity index (χ0) is 38.7. The Labute approximate surface area is 315 Å². The molecule has 0 unspecified atom stereocenters. The van der Waals surface area contributed by atoms with E-state index in [1.54, 1.807) is 48.9 Å². The lowest BCUT2D eigenvalue weighted by Gasteiger charge is -2.16. The van der Waals surface area contributed by atoms with Crippen molar-refractivity contribution >= 4 is 75.0 Å². The molecule has 2 N–H and O–H groups in total. The molecule has 0 fully saturated rings. The maximum absolute atomic E-state index is 12.7. The fourth-order valence-electron chi connectivity index (χ4n) is 4.99. The van der Waals surface area contributed by atoms with Crippen LogP contribution < -0.4 is 33.3 Å². The van der Waals surface area contributed by atoms with Crippen molar-refractivity contribution < 1.29 is 50.7 Å². The normalized spacial score (nSPS) is 14.1. The monoisotopic (exact) mass is 791 g/mol. The van der Waals surface area contributed by atoms with E-state index in [4.69, 9.17) is 46.3 Å². The van der Waals surface area contributed by atoms with Crippen molar-refractivity contribution in [1.29, 1.82) is 0 Å². The first-order valence-electron chi connectivity index (χ1n) is 16.0. The Morgan fingerprint density at radius 3 is 2.08 bits per heavy atom. The number of carbonyl (C=O) groups excluding carboxylic acids is 4. The molecule has 1 aromatic heterocycles. The highest BCUT2D eigenvalue weighted by atomic mass is 35.5. The summed E-state index contributed by atoms with van der Waals surface area (Å²) in [4.78, 5) is 57.8. The van der Waals surface area contributed by atoms with Crippen LogP contribution in [0.15, 0.2) is 64.7 Å². The SMILES string of the molecule is CCOC(=O)/C(Cl)=C/c1cc(N2C(=O)C3=C(CCCC3)C2=O)ccc1Cl.CCOc1ccccc1OS(=O)(=O)NC(=O)Nc1nc(OC)cc(OC)n1. The smallest absolute Gasteiger partial charge is 0.411 e. The van der Waals surface area contributed by atoms with Crippen LogP contribution in [-0.2, 0) is 29.4 Å². The second-order valence-electron chi connectivity index (χ2n) is 10.8. The van der Waals surface area contributed by atoms with Gasteiger partial charge in [-0.3, -0.25) is 14.9 Å². The lowest BCUT2D eigenvalue weighted by atomic mass is 9.93. The van der Waals surface area contributed by atoms with Crippen LogP contribution >= 0.6 is 23.2 Å². The van der Waals surface area contributed by atoms with Crippen molar-refractivity contribution in [3.8, 4) is 23.3 Å². The van der Waals surface area contributed by atoms with Gasteiger partial charge in [-0.05, 0) is 81.5 Å². The minimum atomic E-state index is -4.49. The molecule has 0 saturated heterocycles. The number of ether oxygens (including phenoxy) is 4. The molecule has 0 atom stereocenters. The Kier molecular flexibility index (Phi) is 14.0. The van der Waals surface area contributed by atoms with Crippen LogP contribution in [0.5, 0.6) is 23.3 Å². The number of carbonyl (C=O) groups is 4. The summed E-state index contributed by atoms with van der Waals surface area (Å²) in [5, 5.41) is 2.35. The van der Waals surface area contributed by atoms with Crippen molar-refractivity contribution in [2.75, 3.05) is 37.7 Å². The van der Waals surface area contributed by atoms with Crippen molar-refractivity contribution in [2.45, 2.75) is 39.5 Å². The molecule has 0 radical (unpaired) electrons. The third kappa shape index (κ3) is 10.6. The molecule has 2 heterocycles. The maximum atomic E-state index is 12.7. The number of imide groups is 1. The van der Waals surface area contributed by atoms with Gasteiger partial charge in [-0.25, -0.2) is 19.2 Å². The van der Waals surface area contributed by atoms with Gasteiger partial charge < -0.3 is 23.1 Å². The Morgan fingerprint density at radius 1 is 0.906 bits per heavy atom. The van der Waals surface area contributed by atoms with Gasteiger partial charge in [0.2, 0.25) is 17.7 Å². The molecule has 0 saturated carbocycles. The summed E-state index contributed by atoms with van der Waals surface area (Å²) >= 11 is 12.1. The summed E-state index contributed by atoms with van der Waals surface area (Å²) in [6.45, 7) is 3.92. The van der Waals surface area contributed by atoms with Crippen LogP contribution in [0.4, 0.5) is 16.4 Å². The first kappa shape index (κ1) is 40.4. The summed E-state index contributed by atoms with van der Waals surface area (Å²) in [6, 6.07) is 11.1. The van der Waals surface area contributed by atoms with E-state index in [9.17, 15) is 27.6 Å². The predicted octanol–water partition coefficient (Wildman–Crippen LogP) is 5.56. The zero-order valence-electron chi connectivity index (χ0n) is 28.9. The fraction of sp³-hybridized carbons (Fsp3) is 0.294. The topological polar surface area (TPSA) is 202 Å². The van der Waals surface area contributed by atoms with Crippen LogP contribution in [0.2, 0.25) is 5.02 Å². The number of rotatable bonds is 12. The summed E-state index contributed by atoms with van der Waals surface area (Å²) in [6.07, 6.45) is 4.45. The predicted molar refractivity (Wildman–Crippen MR) is 194 cm³/mol. The molecule has 53 heavy (non-hydrogen) atoms. The first-order valence-corrected chi connectivity index (χ1v) is 18.1. The van der Waals surface area contributed by atoms with Gasteiger partial charge in [0, 0.05) is 16.2 Å². The number of esters is 1. The van der Waals surface area contributed by atoms with Crippen molar-refractivity contribution in [3.63, 3.8) is 0 Å². The lowest BCUT2D eigenvalue weighted by Crippen LogP contribution is -2.37. The number of hydrogen-bond acceptors (Lipinski definition) is 13. The molecule has 5 rings (SSSR count). The third-order valence-corrected chi connectivity index (χ3v) is 8.71. The van der Waals surface area contributed by atoms with Crippen molar-refractivity contribution in [3.05, 3.63) is 75.3 Å². The third-order valence-electron chi connectivity index (χ3n) is 7.27. The van der Waals surface area contributed by atoms with Crippen LogP contribution in [0, 0.1) is 0 Å². The summed E-state index contributed by atoms with van der Waals surface area (Å²) in [5.74, 6) is -1.08. The van der Waals surface area contributed by atoms with E-state index in [1.165, 1.54) is 43.4 Å². The quantitative estimate of drug-likeness (QED) is 0.131. The molecule has 16 nitrogen and oxygen atoms in total. The number of aromatic nitrogens is 2. The highest BCUT2D eigenvalue weighted by Gasteiger charge is 2.39. The second-order valence-corrected chi connectivity index (χ2v) is 12.9. The molecule has 0 bridgehead atoms. The molecule has 2 aliphatic rings. The molecule has 1 aliphatic carbocycles. The minimum Gasteiger partial charge on any atom is -0.490 e. The molecule has 1 aliphatic heterocycles. The summed E-state index contributed by atoms with van der Waals surface area (Å²) in [7, 11) is -1.76. The number of anilines is 2. The number of para-hydroxylation sites is 2. The number of nitrogens with one attached hydrogen (secondary N) is 2. The molecule has 282 valence electrons. The van der Waals surface area contributed by atoms with E-state index in [1.807, 2.05) is 0 Å². The van der Waals surface area contributed by atoms with E-state index < -0.39 is 22.3 Å². The number of halogens is 2. The molecule has 2 aromatic carbocycles. The van der Waals surface area contributed by atoms with Crippen LogP contribution in [0.25, 0.3) is 6.08 Å². The van der Waals surface area contributed by atoms with E-state index in [0.29, 0.717) is 46.9 Å². The number of amides is 4. The lowest BCUT2D eigenvalue weighted by molar-refractivity contribution is -0.137. The zero-order valence-corrected chi connectivity index (χ0v) is 31.3. The van der Waals surface area contributed by atoms with Crippen LogP contribution in [-0.4, -0.2) is 69.6 Å². The van der Waals surface area contributed by atoms with Crippen molar-refractivity contribution in [1.82, 2.24) is 14.7 Å². The van der Waals surface area contributed by atoms with Gasteiger partial charge in [0.25, 0.3) is 11.8 Å². The number of urea groups is 1. The standard InChI is InChI=1S/C19H17Cl2NO4.C15H18N4O7S/c1-2-26-19(25)16(21)10-11-9-12(7-8-15(11)20)22-17(23)13-5-3-4-6-14(13)18(22)24;1-4-25-10-7-5-6-8-11(10)26-27(21,22)19-15(20)18-14-16-12(23-2)9-13(17-14)24-3/h7-10H,2-6H2,1H3;5-9H,4H2,1-3H3,(H2,16,17,18,19,20)/b16-10-;. The molecule has 3 aromatic rings. The van der Waals surface area contributed by atoms with Gasteiger partial charge >= 0.3 is 22.3 Å². The van der Waals surface area contributed by atoms with Gasteiger partial charge in [0.15, 0.2) is 11.5 Å². The Hall–Kier alpha value is -5.39. The molecule has 0 spiro atoms. The molecule has 19 heteroatoms. The molecular weight excluding hydrogens is 757 g/mol. The van der Waals surface area contributed by atoms with Crippen molar-refractivity contribution in [2.24, 2.45) is 0 Å². The number of hydrogen-bond donors (Lipinski definition) is 2. The van der Waals surface area contributed by atoms with Gasteiger partial charge in [-0.15, -0.1) is 0 Å². The largest absolute Gasteiger partial charge is 0.490 e. The highest BCUT2D eigenvalue weighted by Crippen LogP contribution is 2.37. The fourth-order valence-corrected chi connectivity index (χ4v) is 6.03. The maximum Gasteiger partial charge on any atom is 0.411 e. The first-order chi connectivity index (χ1) is 25.3. The van der Waals surface area contributed by atoms with Gasteiger partial charge in [-0.1, -0.05) is 35.3 Å². The van der Waals surface area contributed by atoms with E-state index >= 15 is 0 Å². The van der Waals surface area contributed by atoms with Gasteiger partial charge in [0.1, 0.15) is 5.03 Å². The van der Waals surface area contributed by atoms with E-state index in [0.717, 1.165) is 12.8 Å². The number of nitrogens with zero attached hydrogens (tertiary/aromatic N) is 3. The average Bonchev–Trinajstić information content (AvgIpc) is 3.38. The summed E-state index contributed by atoms with van der Waals surface area (Å²) < 4.78 is 50.7. The summed E-state index contributed by atoms with van der Waals surface area (Å²) in [5.41, 5.74) is 2.04. The Bertz CT molecular complexity index is 2010. The molecule has 4 amide bonds. The van der Waals surface area contributed by atoms with E-state index in [2.05, 4.69) is 15.3 Å². The van der Waals surface area contributed by atoms with Crippen LogP contribution in [0.3, 0.4) is 0 Å². The van der Waals surface area contributed by atoms with Gasteiger partial charge in [0.05, 0.1) is 39.2 Å². The Morgan fingerprint density at radius 2 is 1.51 bits per heavy atom. The minimum absolute atomic E-state index is 0.0704. The van der Waals surface area contributed by atoms with E-state index in [-0.39, 0.29) is 52.7 Å². The highest BCUT2D eigenvalue weighted by molar-refractivity contribution is 7.85. The van der Waals surface area contributed by atoms with Gasteiger partial charge in [-0.2, -0.15) is 18.4 Å². The van der Waals surface area contributed by atoms with Crippen LogP contribution in [0.1, 0.15) is 45.1 Å². The number of methoxy groups -OCH3 is 2. The second kappa shape index (κ2) is 18.4. The molecular formula is C34H35Cl2N5O11S. The average molecular weight is 793 g/mol. The Balaban J connectivity index is 0.000000237.